The molecule has 1 aliphatic rings. The normalized spacial score (nSPS) is 13.6. The first kappa shape index (κ1) is 35.5. The second kappa shape index (κ2) is 15.2. The molecule has 0 aromatic heterocycles. The Kier molecular flexibility index (Phi) is 9.02. The third kappa shape index (κ3) is 6.40. The van der Waals surface area contributed by atoms with Crippen LogP contribution in [0.15, 0.2) is 237 Å². The van der Waals surface area contributed by atoms with Gasteiger partial charge in [-0.05, 0) is 145 Å². The van der Waals surface area contributed by atoms with Crippen LogP contribution in [-0.4, -0.2) is 6.04 Å². The van der Waals surface area contributed by atoms with Crippen molar-refractivity contribution in [3.63, 3.8) is 0 Å². The number of rotatable bonds is 8. The third-order valence-electron chi connectivity index (χ3n) is 12.0. The van der Waals surface area contributed by atoms with E-state index in [0.29, 0.717) is 0 Å². The minimum absolute atomic E-state index is 0.184. The minimum Gasteiger partial charge on any atom is -0.334 e. The van der Waals surface area contributed by atoms with Gasteiger partial charge >= 0.3 is 0 Å². The zero-order valence-electron chi connectivity index (χ0n) is 33.2. The lowest BCUT2D eigenvalue weighted by atomic mass is 9.84. The molecule has 0 amide bonds. The highest BCUT2D eigenvalue weighted by molar-refractivity contribution is 6.23. The van der Waals surface area contributed by atoms with Crippen molar-refractivity contribution in [2.75, 3.05) is 9.80 Å². The fourth-order valence-electron chi connectivity index (χ4n) is 9.29. The molecule has 10 aromatic carbocycles. The summed E-state index contributed by atoms with van der Waals surface area (Å²) in [5, 5.41) is 9.80. The van der Waals surface area contributed by atoms with E-state index in [0.717, 1.165) is 23.5 Å². The average Bonchev–Trinajstić information content (AvgIpc) is 3.32. The first-order valence-corrected chi connectivity index (χ1v) is 20.9. The van der Waals surface area contributed by atoms with Crippen LogP contribution < -0.4 is 9.80 Å². The summed E-state index contributed by atoms with van der Waals surface area (Å²) in [4.78, 5) is 4.88. The molecule has 0 heterocycles. The zero-order valence-corrected chi connectivity index (χ0v) is 33.2. The van der Waals surface area contributed by atoms with Crippen molar-refractivity contribution >= 4 is 71.5 Å². The van der Waals surface area contributed by atoms with Crippen LogP contribution in [0.25, 0.3) is 65.3 Å². The van der Waals surface area contributed by atoms with Crippen LogP contribution in [0.5, 0.6) is 0 Å². The second-order valence-corrected chi connectivity index (χ2v) is 15.7. The number of nitrogens with zero attached hydrogens (tertiary/aromatic N) is 2. The van der Waals surface area contributed by atoms with Crippen LogP contribution in [0.2, 0.25) is 0 Å². The maximum absolute atomic E-state index is 2.50. The molecule has 1 unspecified atom stereocenters. The molecule has 11 rings (SSSR count). The SMILES string of the molecule is C1=CCC(N(c2ccccc2)c2ccc3c(-c4ccc5ccccc5c4)c4cc(N(c5ccccc5)c5ccccc5)ccc4c(-c4ccc5ccccc5c4)c3c2)C=C1. The molecule has 0 aliphatic heterocycles. The quantitative estimate of drug-likeness (QED) is 0.142. The number of hydrogen-bond acceptors (Lipinski definition) is 2. The third-order valence-corrected chi connectivity index (χ3v) is 12.0. The van der Waals surface area contributed by atoms with Gasteiger partial charge < -0.3 is 9.80 Å². The molecule has 60 heavy (non-hydrogen) atoms. The van der Waals surface area contributed by atoms with Crippen LogP contribution in [0.4, 0.5) is 28.4 Å². The van der Waals surface area contributed by atoms with Crippen LogP contribution in [0.1, 0.15) is 6.42 Å². The largest absolute Gasteiger partial charge is 0.334 e. The predicted molar refractivity (Wildman–Crippen MR) is 257 cm³/mol. The minimum atomic E-state index is 0.184. The van der Waals surface area contributed by atoms with Gasteiger partial charge in [0, 0.05) is 28.4 Å². The fourth-order valence-corrected chi connectivity index (χ4v) is 9.29. The summed E-state index contributed by atoms with van der Waals surface area (Å²) in [6.07, 6.45) is 9.88. The maximum Gasteiger partial charge on any atom is 0.0559 e. The van der Waals surface area contributed by atoms with Crippen LogP contribution in [0, 0.1) is 0 Å². The number of allylic oxidation sites excluding steroid dienone is 2. The van der Waals surface area contributed by atoms with Crippen LogP contribution >= 0.6 is 0 Å². The van der Waals surface area contributed by atoms with E-state index in [1.54, 1.807) is 0 Å². The second-order valence-electron chi connectivity index (χ2n) is 15.7. The number of para-hydroxylation sites is 3. The van der Waals surface area contributed by atoms with E-state index in [1.165, 1.54) is 76.7 Å². The highest BCUT2D eigenvalue weighted by Gasteiger charge is 2.24. The van der Waals surface area contributed by atoms with Gasteiger partial charge in [-0.1, -0.05) is 164 Å². The van der Waals surface area contributed by atoms with E-state index in [4.69, 9.17) is 0 Å². The standard InChI is InChI=1S/C58H42N2/c1-5-21-47(22-6-1)59(48-23-7-2-8-24-48)51-33-35-53-55(39-51)57(45-31-29-41-17-13-15-19-43(41)37-45)54-36-34-52(60(49-25-9-3-10-26-49)50-27-11-4-12-28-50)40-56(54)58(53)46-32-30-42-18-14-16-20-44(42)38-46/h1-27,29-40,50H,28H2. The molecule has 0 radical (unpaired) electrons. The fraction of sp³-hybridized carbons (Fsp3) is 0.0345. The molecule has 2 nitrogen and oxygen atoms in total. The lowest BCUT2D eigenvalue weighted by Gasteiger charge is -2.33. The van der Waals surface area contributed by atoms with E-state index < -0.39 is 0 Å². The molecule has 0 N–H and O–H groups in total. The highest BCUT2D eigenvalue weighted by Crippen LogP contribution is 2.48. The number of benzene rings is 10. The van der Waals surface area contributed by atoms with Gasteiger partial charge in [-0.25, -0.2) is 0 Å². The van der Waals surface area contributed by atoms with Crippen molar-refractivity contribution in [3.05, 3.63) is 237 Å². The van der Waals surface area contributed by atoms with Gasteiger partial charge in [0.05, 0.1) is 6.04 Å². The van der Waals surface area contributed by atoms with Crippen molar-refractivity contribution in [2.24, 2.45) is 0 Å². The molecule has 2 heteroatoms. The molecule has 0 saturated carbocycles. The smallest absolute Gasteiger partial charge is 0.0559 e. The summed E-state index contributed by atoms with van der Waals surface area (Å²) in [6, 6.07) is 78.1. The van der Waals surface area contributed by atoms with Crippen LogP contribution in [0.3, 0.4) is 0 Å². The van der Waals surface area contributed by atoms with Crippen molar-refractivity contribution < 1.29 is 0 Å². The van der Waals surface area contributed by atoms with Crippen molar-refractivity contribution in [3.8, 4) is 22.3 Å². The Bertz CT molecular complexity index is 3200. The van der Waals surface area contributed by atoms with E-state index >= 15 is 0 Å². The lowest BCUT2D eigenvalue weighted by molar-refractivity contribution is 0.785. The Morgan fingerprint density at radius 2 is 0.800 bits per heavy atom. The summed E-state index contributed by atoms with van der Waals surface area (Å²) in [6.45, 7) is 0. The summed E-state index contributed by atoms with van der Waals surface area (Å²) in [7, 11) is 0. The number of anilines is 5. The van der Waals surface area contributed by atoms with Gasteiger partial charge in [0.1, 0.15) is 0 Å². The molecule has 284 valence electrons. The van der Waals surface area contributed by atoms with Crippen molar-refractivity contribution in [2.45, 2.75) is 12.5 Å². The lowest BCUT2D eigenvalue weighted by Crippen LogP contribution is -2.29. The van der Waals surface area contributed by atoms with Gasteiger partial charge in [0.25, 0.3) is 0 Å². The first-order valence-electron chi connectivity index (χ1n) is 20.9. The Labute approximate surface area is 351 Å². The Hall–Kier alpha value is -7.68. The van der Waals surface area contributed by atoms with Crippen molar-refractivity contribution in [1.82, 2.24) is 0 Å². The molecule has 1 atom stereocenters. The Balaban J connectivity index is 1.25. The van der Waals surface area contributed by atoms with Gasteiger partial charge in [0.15, 0.2) is 0 Å². The average molecular weight is 767 g/mol. The first-order chi connectivity index (χ1) is 29.8. The van der Waals surface area contributed by atoms with E-state index in [2.05, 4.69) is 246 Å². The van der Waals surface area contributed by atoms with E-state index in [1.807, 2.05) is 0 Å². The van der Waals surface area contributed by atoms with Crippen LogP contribution in [-0.2, 0) is 0 Å². The molecule has 0 spiro atoms. The summed E-state index contributed by atoms with van der Waals surface area (Å²) < 4.78 is 0. The van der Waals surface area contributed by atoms with Gasteiger partial charge in [0.2, 0.25) is 0 Å². The summed E-state index contributed by atoms with van der Waals surface area (Å²) >= 11 is 0. The topological polar surface area (TPSA) is 6.48 Å². The molecular weight excluding hydrogens is 725 g/mol. The van der Waals surface area contributed by atoms with E-state index in [-0.39, 0.29) is 6.04 Å². The number of fused-ring (bicyclic) bond motifs is 4. The molecule has 0 fully saturated rings. The molecule has 0 bridgehead atoms. The van der Waals surface area contributed by atoms with E-state index in [9.17, 15) is 0 Å². The molecule has 10 aromatic rings. The van der Waals surface area contributed by atoms with Crippen molar-refractivity contribution in [1.29, 1.82) is 0 Å². The van der Waals surface area contributed by atoms with Gasteiger partial charge in [-0.3, -0.25) is 0 Å². The molecule has 1 aliphatic carbocycles. The number of hydrogen-bond donors (Lipinski definition) is 0. The molecule has 0 saturated heterocycles. The zero-order chi connectivity index (χ0) is 39.8. The Morgan fingerprint density at radius 1 is 0.333 bits per heavy atom. The Morgan fingerprint density at radius 3 is 1.32 bits per heavy atom. The highest BCUT2D eigenvalue weighted by atomic mass is 15.2. The maximum atomic E-state index is 2.50. The monoisotopic (exact) mass is 766 g/mol. The predicted octanol–water partition coefficient (Wildman–Crippen LogP) is 16.1. The summed E-state index contributed by atoms with van der Waals surface area (Å²) in [5.41, 5.74) is 10.6. The van der Waals surface area contributed by atoms with Gasteiger partial charge in [-0.2, -0.15) is 0 Å². The molecular formula is C58H42N2. The van der Waals surface area contributed by atoms with Gasteiger partial charge in [-0.15, -0.1) is 0 Å². The summed E-state index contributed by atoms with van der Waals surface area (Å²) in [5.74, 6) is 0.